The van der Waals surface area contributed by atoms with Gasteiger partial charge in [-0.25, -0.2) is 0 Å². The molecule has 3 rings (SSSR count). The van der Waals surface area contributed by atoms with Gasteiger partial charge in [0.2, 0.25) is 0 Å². The Morgan fingerprint density at radius 2 is 1.88 bits per heavy atom. The Kier molecular flexibility index (Phi) is 2.99. The van der Waals surface area contributed by atoms with E-state index in [9.17, 15) is 0 Å². The van der Waals surface area contributed by atoms with E-state index in [4.69, 9.17) is 0 Å². The molecule has 0 radical (unpaired) electrons. The zero-order chi connectivity index (χ0) is 11.0. The molecule has 2 atom stereocenters. The molecule has 3 aliphatic carbocycles. The van der Waals surface area contributed by atoms with Gasteiger partial charge < -0.3 is 5.32 Å². The molecule has 3 fully saturated rings. The topological polar surface area (TPSA) is 12.0 Å². The summed E-state index contributed by atoms with van der Waals surface area (Å²) in [5.74, 6) is 2.28. The van der Waals surface area contributed by atoms with E-state index in [1.54, 1.807) is 19.3 Å². The van der Waals surface area contributed by atoms with Crippen molar-refractivity contribution in [2.75, 3.05) is 6.54 Å². The van der Waals surface area contributed by atoms with Gasteiger partial charge in [-0.05, 0) is 55.8 Å². The van der Waals surface area contributed by atoms with Crippen molar-refractivity contribution in [3.05, 3.63) is 0 Å². The summed E-state index contributed by atoms with van der Waals surface area (Å²) in [6.07, 6.45) is 13.4. The van der Waals surface area contributed by atoms with Gasteiger partial charge in [-0.2, -0.15) is 0 Å². The molecule has 0 heterocycles. The van der Waals surface area contributed by atoms with Crippen LogP contribution in [0.15, 0.2) is 0 Å². The predicted octanol–water partition coefficient (Wildman–Crippen LogP) is 3.74. The Balaban J connectivity index is 1.50. The number of hydrogen-bond donors (Lipinski definition) is 1. The molecule has 0 spiro atoms. The molecule has 1 nitrogen and oxygen atoms in total. The third kappa shape index (κ3) is 2.45. The first-order valence-electron chi connectivity index (χ1n) is 7.55. The summed E-state index contributed by atoms with van der Waals surface area (Å²) in [4.78, 5) is 0. The fourth-order valence-electron chi connectivity index (χ4n) is 3.84. The third-order valence-corrected chi connectivity index (χ3v) is 5.11. The molecule has 1 N–H and O–H groups in total. The van der Waals surface area contributed by atoms with Crippen molar-refractivity contribution in [1.29, 1.82) is 0 Å². The fourth-order valence-corrected chi connectivity index (χ4v) is 3.84. The molecule has 2 unspecified atom stereocenters. The summed E-state index contributed by atoms with van der Waals surface area (Å²) in [5, 5.41) is 3.81. The molecule has 0 aromatic rings. The van der Waals surface area contributed by atoms with Gasteiger partial charge in [0.05, 0.1) is 0 Å². The molecule has 0 saturated heterocycles. The van der Waals surface area contributed by atoms with Crippen molar-refractivity contribution in [2.45, 2.75) is 70.8 Å². The summed E-state index contributed by atoms with van der Waals surface area (Å²) in [6, 6.07) is 0.903. The van der Waals surface area contributed by atoms with Crippen LogP contribution in [0.1, 0.15) is 64.7 Å². The molecular formula is C15H27N. The number of unbranched alkanes of at least 4 members (excludes halogenated alkanes) is 2. The van der Waals surface area contributed by atoms with Gasteiger partial charge in [0.15, 0.2) is 0 Å². The molecule has 0 amide bonds. The lowest BCUT2D eigenvalue weighted by atomic mass is 9.78. The van der Waals surface area contributed by atoms with Crippen molar-refractivity contribution in [3.8, 4) is 0 Å². The molecule has 0 bridgehead atoms. The smallest absolute Gasteiger partial charge is 0.00684 e. The monoisotopic (exact) mass is 221 g/mol. The van der Waals surface area contributed by atoms with Gasteiger partial charge in [0.25, 0.3) is 0 Å². The van der Waals surface area contributed by atoms with Crippen LogP contribution in [0.4, 0.5) is 0 Å². The highest BCUT2D eigenvalue weighted by atomic mass is 15.0. The van der Waals surface area contributed by atoms with Gasteiger partial charge in [0.1, 0.15) is 0 Å². The van der Waals surface area contributed by atoms with Crippen LogP contribution in [0.5, 0.6) is 0 Å². The number of rotatable bonds is 7. The molecule has 3 saturated carbocycles. The second-order valence-corrected chi connectivity index (χ2v) is 6.78. The molecule has 16 heavy (non-hydrogen) atoms. The van der Waals surface area contributed by atoms with E-state index in [1.165, 1.54) is 45.1 Å². The average Bonchev–Trinajstić information content (AvgIpc) is 3.18. The summed E-state index contributed by atoms with van der Waals surface area (Å²) < 4.78 is 0. The van der Waals surface area contributed by atoms with E-state index in [-0.39, 0.29) is 0 Å². The maximum absolute atomic E-state index is 3.81. The summed E-state index contributed by atoms with van der Waals surface area (Å²) in [6.45, 7) is 3.66. The van der Waals surface area contributed by atoms with Crippen molar-refractivity contribution in [1.82, 2.24) is 5.32 Å². The third-order valence-electron chi connectivity index (χ3n) is 5.11. The minimum atomic E-state index is 0.728. The normalized spacial score (nSPS) is 41.1. The van der Waals surface area contributed by atoms with Crippen LogP contribution in [0.3, 0.4) is 0 Å². The van der Waals surface area contributed by atoms with E-state index < -0.39 is 0 Å². The highest BCUT2D eigenvalue weighted by molar-refractivity contribution is 5.04. The first-order valence-corrected chi connectivity index (χ1v) is 7.55. The fraction of sp³-hybridized carbons (Fsp3) is 1.00. The number of hydrogen-bond acceptors (Lipinski definition) is 1. The van der Waals surface area contributed by atoms with Crippen LogP contribution >= 0.6 is 0 Å². The van der Waals surface area contributed by atoms with Gasteiger partial charge in [-0.3, -0.25) is 0 Å². The Morgan fingerprint density at radius 1 is 1.12 bits per heavy atom. The largest absolute Gasteiger partial charge is 0.313 e. The predicted molar refractivity (Wildman–Crippen MR) is 68.4 cm³/mol. The van der Waals surface area contributed by atoms with Crippen LogP contribution in [0.25, 0.3) is 0 Å². The minimum absolute atomic E-state index is 0.728. The molecule has 0 aromatic heterocycles. The van der Waals surface area contributed by atoms with Crippen molar-refractivity contribution < 1.29 is 0 Å². The zero-order valence-corrected chi connectivity index (χ0v) is 10.8. The highest BCUT2D eigenvalue weighted by Gasteiger charge is 2.53. The Morgan fingerprint density at radius 3 is 2.50 bits per heavy atom. The lowest BCUT2D eigenvalue weighted by molar-refractivity contribution is 0.221. The lowest BCUT2D eigenvalue weighted by Crippen LogP contribution is -2.34. The van der Waals surface area contributed by atoms with Gasteiger partial charge in [-0.1, -0.05) is 26.2 Å². The van der Waals surface area contributed by atoms with E-state index in [2.05, 4.69) is 12.2 Å². The molecule has 1 heteroatoms. The summed E-state index contributed by atoms with van der Waals surface area (Å²) in [7, 11) is 0. The molecule has 0 aromatic carbocycles. The number of fused-ring (bicyclic) bond motifs is 1. The maximum atomic E-state index is 3.81. The second kappa shape index (κ2) is 4.33. The Labute approximate surface area is 100 Å². The van der Waals surface area contributed by atoms with Gasteiger partial charge >= 0.3 is 0 Å². The average molecular weight is 221 g/mol. The first-order chi connectivity index (χ1) is 7.81. The van der Waals surface area contributed by atoms with Crippen LogP contribution in [0, 0.1) is 17.3 Å². The molecule has 3 aliphatic rings. The molecular weight excluding hydrogens is 194 g/mol. The van der Waals surface area contributed by atoms with Gasteiger partial charge in [0, 0.05) is 12.6 Å². The van der Waals surface area contributed by atoms with E-state index >= 15 is 0 Å². The Bertz CT molecular complexity index is 234. The van der Waals surface area contributed by atoms with Crippen LogP contribution < -0.4 is 5.32 Å². The van der Waals surface area contributed by atoms with Crippen molar-refractivity contribution >= 4 is 0 Å². The Hall–Kier alpha value is -0.0400. The molecule has 92 valence electrons. The van der Waals surface area contributed by atoms with E-state index in [0.717, 1.165) is 23.3 Å². The standard InChI is InChI=1S/C15H27N/c1-2-3-4-7-15(11-16-14-5-6-14)9-12-8-13(12)10-15/h12-14,16H,2-11H2,1H3. The summed E-state index contributed by atoms with van der Waals surface area (Å²) >= 11 is 0. The van der Waals surface area contributed by atoms with Crippen LogP contribution in [0.2, 0.25) is 0 Å². The molecule has 0 aliphatic heterocycles. The summed E-state index contributed by atoms with van der Waals surface area (Å²) in [5.41, 5.74) is 0.728. The van der Waals surface area contributed by atoms with Crippen LogP contribution in [-0.2, 0) is 0 Å². The lowest BCUT2D eigenvalue weighted by Gasteiger charge is -2.31. The zero-order valence-electron chi connectivity index (χ0n) is 10.8. The number of nitrogens with one attached hydrogen (secondary N) is 1. The SMILES string of the molecule is CCCCCC1(CNC2CC2)CC2CC2C1. The second-order valence-electron chi connectivity index (χ2n) is 6.78. The van der Waals surface area contributed by atoms with E-state index in [1.807, 2.05) is 0 Å². The van der Waals surface area contributed by atoms with Gasteiger partial charge in [-0.15, -0.1) is 0 Å². The first kappa shape index (κ1) is 11.1. The quantitative estimate of drug-likeness (QED) is 0.646. The maximum Gasteiger partial charge on any atom is 0.00684 e. The highest BCUT2D eigenvalue weighted by Crippen LogP contribution is 2.61. The van der Waals surface area contributed by atoms with Crippen LogP contribution in [-0.4, -0.2) is 12.6 Å². The minimum Gasteiger partial charge on any atom is -0.313 e. The van der Waals surface area contributed by atoms with Crippen molar-refractivity contribution in [3.63, 3.8) is 0 Å². The van der Waals surface area contributed by atoms with Crippen molar-refractivity contribution in [2.24, 2.45) is 17.3 Å². The van der Waals surface area contributed by atoms with E-state index in [0.29, 0.717) is 0 Å².